The molecule has 294 valence electrons. The molecule has 1 rings (SSSR count). The molecule has 52 heavy (non-hydrogen) atoms. The molecule has 0 unspecified atom stereocenters. The fourth-order valence-corrected chi connectivity index (χ4v) is 5.50. The summed E-state index contributed by atoms with van der Waals surface area (Å²) in [6.45, 7) is 6.10. The molecule has 0 N–H and O–H groups in total. The Balaban J connectivity index is 2.04. The van der Waals surface area contributed by atoms with E-state index in [1.54, 1.807) is 18.2 Å². The van der Waals surface area contributed by atoms with Gasteiger partial charge in [-0.25, -0.2) is 0 Å². The van der Waals surface area contributed by atoms with Gasteiger partial charge in [0, 0.05) is 24.5 Å². The van der Waals surface area contributed by atoms with E-state index in [1.807, 2.05) is 0 Å². The van der Waals surface area contributed by atoms with Crippen LogP contribution >= 0.6 is 0 Å². The Hall–Kier alpha value is -3.35. The van der Waals surface area contributed by atoms with Gasteiger partial charge in [-0.15, -0.1) is 0 Å². The third kappa shape index (κ3) is 30.3. The van der Waals surface area contributed by atoms with Crippen LogP contribution in [-0.2, 0) is 19.1 Å². The molecule has 0 bridgehead atoms. The maximum absolute atomic E-state index is 12.1. The van der Waals surface area contributed by atoms with Gasteiger partial charge in [-0.05, 0) is 102 Å². The Morgan fingerprint density at radius 1 is 0.481 bits per heavy atom. The number of benzene rings is 1. The van der Waals surface area contributed by atoms with Crippen LogP contribution in [0, 0.1) is 0 Å². The second-order valence-corrected chi connectivity index (χ2v) is 13.6. The van der Waals surface area contributed by atoms with E-state index >= 15 is 0 Å². The molecular weight excluding hydrogens is 652 g/mol. The number of unbranched alkanes of at least 4 members (excludes halogenated alkanes) is 15. The van der Waals surface area contributed by atoms with Gasteiger partial charge in [0.15, 0.2) is 0 Å². The van der Waals surface area contributed by atoms with E-state index in [0.29, 0.717) is 69.2 Å². The van der Waals surface area contributed by atoms with Crippen LogP contribution in [0.4, 0.5) is 0 Å². The van der Waals surface area contributed by atoms with Crippen LogP contribution in [-0.4, -0.2) is 44.7 Å². The first-order chi connectivity index (χ1) is 25.6. The summed E-state index contributed by atoms with van der Waals surface area (Å²) in [7, 11) is 0. The minimum atomic E-state index is -0.130. The van der Waals surface area contributed by atoms with Crippen LogP contribution < -0.4 is 9.47 Å². The average molecular weight is 725 g/mol. The lowest BCUT2D eigenvalue weighted by Crippen LogP contribution is -2.07. The number of hydrogen-bond donors (Lipinski definition) is 0. The number of esters is 2. The molecule has 0 aliphatic heterocycles. The zero-order valence-electron chi connectivity index (χ0n) is 32.9. The molecule has 0 radical (unpaired) electrons. The molecule has 0 aliphatic carbocycles. The van der Waals surface area contributed by atoms with Gasteiger partial charge >= 0.3 is 11.9 Å². The number of carbonyl (C=O) groups excluding carboxylic acids is 3. The van der Waals surface area contributed by atoms with E-state index in [0.717, 1.165) is 83.3 Å². The smallest absolute Gasteiger partial charge is 0.305 e. The van der Waals surface area contributed by atoms with Crippen molar-refractivity contribution in [1.82, 2.24) is 0 Å². The number of rotatable bonds is 36. The van der Waals surface area contributed by atoms with Gasteiger partial charge < -0.3 is 18.9 Å². The largest absolute Gasteiger partial charge is 0.493 e. The van der Waals surface area contributed by atoms with Crippen LogP contribution in [0.2, 0.25) is 0 Å². The molecule has 0 saturated heterocycles. The fourth-order valence-electron chi connectivity index (χ4n) is 5.50. The quantitative estimate of drug-likeness (QED) is 0.0294. The Morgan fingerprint density at radius 3 is 1.42 bits per heavy atom. The van der Waals surface area contributed by atoms with Gasteiger partial charge in [-0.1, -0.05) is 102 Å². The van der Waals surface area contributed by atoms with Crippen LogP contribution in [0.5, 0.6) is 11.5 Å². The van der Waals surface area contributed by atoms with E-state index in [2.05, 4.69) is 50.3 Å². The molecular formula is C45H72O7. The van der Waals surface area contributed by atoms with Crippen molar-refractivity contribution in [3.05, 3.63) is 60.2 Å². The Bertz CT molecular complexity index is 1110. The van der Waals surface area contributed by atoms with Crippen LogP contribution in [0.25, 0.3) is 0 Å². The van der Waals surface area contributed by atoms with Gasteiger partial charge in [0.05, 0.1) is 26.4 Å². The zero-order valence-corrected chi connectivity index (χ0v) is 32.9. The standard InChI is InChI=1S/C45H72O7/c1-3-5-7-9-11-13-14-15-16-17-18-20-22-24-26-32-45(48)52-36-30-28-34-50-43-38-41(40-46)37-42(39-43)49-33-27-29-35-51-44(47)31-25-23-21-19-12-10-8-6-4-2/h8,10-11,13,15-16,37-40H,3-7,9,12,14,17-36H2,1-2H3/b10-8-,13-11-,16-15-. The molecule has 0 saturated carbocycles. The highest BCUT2D eigenvalue weighted by Crippen LogP contribution is 2.23. The van der Waals surface area contributed by atoms with Crippen LogP contribution in [0.15, 0.2) is 54.7 Å². The van der Waals surface area contributed by atoms with Gasteiger partial charge in [0.25, 0.3) is 0 Å². The van der Waals surface area contributed by atoms with Crippen molar-refractivity contribution in [3.8, 4) is 11.5 Å². The first-order valence-electron chi connectivity index (χ1n) is 20.7. The van der Waals surface area contributed by atoms with Crippen molar-refractivity contribution in [2.24, 2.45) is 0 Å². The second kappa shape index (κ2) is 36.0. The lowest BCUT2D eigenvalue weighted by atomic mass is 10.1. The number of ether oxygens (including phenoxy) is 4. The minimum Gasteiger partial charge on any atom is -0.493 e. The molecule has 0 aliphatic rings. The van der Waals surface area contributed by atoms with Crippen molar-refractivity contribution in [1.29, 1.82) is 0 Å². The number of hydrogen-bond acceptors (Lipinski definition) is 7. The molecule has 0 heterocycles. The summed E-state index contributed by atoms with van der Waals surface area (Å²) in [6, 6.07) is 5.16. The van der Waals surface area contributed by atoms with E-state index < -0.39 is 0 Å². The van der Waals surface area contributed by atoms with Gasteiger partial charge in [-0.3, -0.25) is 14.4 Å². The van der Waals surface area contributed by atoms with Crippen molar-refractivity contribution < 1.29 is 33.3 Å². The summed E-state index contributed by atoms with van der Waals surface area (Å²) < 4.78 is 22.5. The summed E-state index contributed by atoms with van der Waals surface area (Å²) >= 11 is 0. The van der Waals surface area contributed by atoms with Crippen molar-refractivity contribution in [3.63, 3.8) is 0 Å². The van der Waals surface area contributed by atoms with Crippen molar-refractivity contribution in [2.75, 3.05) is 26.4 Å². The van der Waals surface area contributed by atoms with E-state index in [9.17, 15) is 14.4 Å². The summed E-state index contributed by atoms with van der Waals surface area (Å²) in [6.07, 6.45) is 38.8. The lowest BCUT2D eigenvalue weighted by molar-refractivity contribution is -0.144. The maximum atomic E-state index is 12.1. The first-order valence-corrected chi connectivity index (χ1v) is 20.7. The number of allylic oxidation sites excluding steroid dienone is 6. The Labute approximate surface area is 317 Å². The van der Waals surface area contributed by atoms with Crippen molar-refractivity contribution in [2.45, 2.75) is 168 Å². The highest BCUT2D eigenvalue weighted by Gasteiger charge is 2.06. The molecule has 7 nitrogen and oxygen atoms in total. The SMILES string of the molecule is CCC/C=C\CCCCCCC(=O)OCCCCOc1cc(C=O)cc(OCCCCOC(=O)CCCCCCC/C=C\C/C=C\CCCCC)c1. The van der Waals surface area contributed by atoms with E-state index in [1.165, 1.54) is 51.4 Å². The van der Waals surface area contributed by atoms with E-state index in [4.69, 9.17) is 18.9 Å². The third-order valence-corrected chi connectivity index (χ3v) is 8.63. The van der Waals surface area contributed by atoms with Gasteiger partial charge in [0.2, 0.25) is 0 Å². The molecule has 1 aromatic rings. The molecule has 1 aromatic carbocycles. The molecule has 0 atom stereocenters. The number of carbonyl (C=O) groups is 3. The summed E-state index contributed by atoms with van der Waals surface area (Å²) in [5.74, 6) is 0.881. The molecule has 0 fully saturated rings. The first kappa shape index (κ1) is 46.7. The average Bonchev–Trinajstić information content (AvgIpc) is 3.15. The topological polar surface area (TPSA) is 88.1 Å². The van der Waals surface area contributed by atoms with E-state index in [-0.39, 0.29) is 11.9 Å². The van der Waals surface area contributed by atoms with Crippen molar-refractivity contribution >= 4 is 18.2 Å². The Morgan fingerprint density at radius 2 is 0.923 bits per heavy atom. The summed E-state index contributed by atoms with van der Waals surface area (Å²) in [5, 5.41) is 0. The monoisotopic (exact) mass is 725 g/mol. The molecule has 7 heteroatoms. The minimum absolute atomic E-state index is 0.127. The van der Waals surface area contributed by atoms with Crippen LogP contribution in [0.1, 0.15) is 178 Å². The predicted octanol–water partition coefficient (Wildman–Crippen LogP) is 12.4. The molecule has 0 aromatic heterocycles. The Kier molecular flexibility index (Phi) is 32.3. The third-order valence-electron chi connectivity index (χ3n) is 8.63. The fraction of sp³-hybridized carbons (Fsp3) is 0.667. The second-order valence-electron chi connectivity index (χ2n) is 13.6. The normalized spacial score (nSPS) is 11.5. The van der Waals surface area contributed by atoms with Crippen LogP contribution in [0.3, 0.4) is 0 Å². The summed E-state index contributed by atoms with van der Waals surface area (Å²) in [4.78, 5) is 35.5. The predicted molar refractivity (Wildman–Crippen MR) is 214 cm³/mol. The van der Waals surface area contributed by atoms with Gasteiger partial charge in [-0.2, -0.15) is 0 Å². The molecule has 0 spiro atoms. The highest BCUT2D eigenvalue weighted by atomic mass is 16.5. The van der Waals surface area contributed by atoms with Gasteiger partial charge in [0.1, 0.15) is 17.8 Å². The molecule has 0 amide bonds. The number of aldehydes is 1. The zero-order chi connectivity index (χ0) is 37.6. The highest BCUT2D eigenvalue weighted by molar-refractivity contribution is 5.76. The lowest BCUT2D eigenvalue weighted by Gasteiger charge is -2.11. The maximum Gasteiger partial charge on any atom is 0.305 e. The summed E-state index contributed by atoms with van der Waals surface area (Å²) in [5.41, 5.74) is 0.483.